The monoisotopic (exact) mass is 431 g/mol. The average molecular weight is 431 g/mol. The summed E-state index contributed by atoms with van der Waals surface area (Å²) in [6, 6.07) is 0.625. The zero-order valence-electron chi connectivity index (χ0n) is 15.4. The summed E-state index contributed by atoms with van der Waals surface area (Å²) in [5.74, 6) is -0.212. The van der Waals surface area contributed by atoms with Gasteiger partial charge in [-0.05, 0) is 38.3 Å². The second-order valence-electron chi connectivity index (χ2n) is 7.35. The fourth-order valence-electron chi connectivity index (χ4n) is 4.09. The molecule has 1 spiro atoms. The summed E-state index contributed by atoms with van der Waals surface area (Å²) in [7, 11) is -7.58. The molecule has 1 aromatic carbocycles. The van der Waals surface area contributed by atoms with Crippen molar-refractivity contribution in [3.63, 3.8) is 0 Å². The third-order valence-electron chi connectivity index (χ3n) is 5.60. The number of carbonyl (C=O) groups is 1. The molecule has 1 saturated heterocycles. The summed E-state index contributed by atoms with van der Waals surface area (Å²) in [6.07, 6.45) is 2.40. The molecule has 2 aliphatic rings. The van der Waals surface area contributed by atoms with Gasteiger partial charge in [-0.25, -0.2) is 26.4 Å². The normalized spacial score (nSPS) is 22.4. The highest BCUT2D eigenvalue weighted by Gasteiger charge is 2.61. The maximum atomic E-state index is 12.6. The van der Waals surface area contributed by atoms with Gasteiger partial charge in [0.15, 0.2) is 9.84 Å². The van der Waals surface area contributed by atoms with Crippen LogP contribution >= 0.6 is 0 Å². The van der Waals surface area contributed by atoms with Gasteiger partial charge in [-0.15, -0.1) is 0 Å². The van der Waals surface area contributed by atoms with Crippen LogP contribution in [0.3, 0.4) is 0 Å². The maximum Gasteiger partial charge on any atom is 0.328 e. The van der Waals surface area contributed by atoms with Crippen LogP contribution in [0.5, 0.6) is 0 Å². The van der Waals surface area contributed by atoms with Gasteiger partial charge in [0.05, 0.1) is 26.4 Å². The number of hydrogen-bond acceptors (Lipinski definition) is 7. The number of sulfonamides is 1. The van der Waals surface area contributed by atoms with Gasteiger partial charge >= 0.3 is 6.03 Å². The van der Waals surface area contributed by atoms with Gasteiger partial charge in [0, 0.05) is 11.6 Å². The fraction of sp³-hybridized carbons (Fsp3) is 0.562. The third kappa shape index (κ3) is 3.24. The van der Waals surface area contributed by atoms with E-state index in [2.05, 4.69) is 5.32 Å². The first-order valence-corrected chi connectivity index (χ1v) is 11.8. The molecule has 1 unspecified atom stereocenters. The average Bonchev–Trinajstić information content (AvgIpc) is 3.08. The van der Waals surface area contributed by atoms with Crippen molar-refractivity contribution in [2.45, 2.75) is 55.2 Å². The first-order chi connectivity index (χ1) is 12.9. The molecule has 0 bridgehead atoms. The quantitative estimate of drug-likeness (QED) is 0.538. The van der Waals surface area contributed by atoms with E-state index in [1.165, 1.54) is 13.8 Å². The minimum Gasteiger partial charge on any atom is -0.332 e. The second kappa shape index (κ2) is 6.69. The van der Waals surface area contributed by atoms with E-state index in [1.807, 2.05) is 4.72 Å². The molecule has 2 amide bonds. The molecule has 12 heteroatoms. The Bertz CT molecular complexity index is 1060. The summed E-state index contributed by atoms with van der Waals surface area (Å²) in [4.78, 5) is 22.4. The number of nitro benzene ring substituents is 1. The highest BCUT2D eigenvalue weighted by Crippen LogP contribution is 2.47. The molecule has 1 aliphatic carbocycles. The van der Waals surface area contributed by atoms with E-state index in [1.54, 1.807) is 0 Å². The Kier molecular flexibility index (Phi) is 4.90. The lowest BCUT2D eigenvalue weighted by atomic mass is 9.97. The Morgan fingerprint density at radius 1 is 1.21 bits per heavy atom. The summed E-state index contributed by atoms with van der Waals surface area (Å²) in [5.41, 5.74) is 0.0474. The number of benzene rings is 1. The van der Waals surface area contributed by atoms with Crippen molar-refractivity contribution in [3.05, 3.63) is 33.4 Å². The minimum atomic E-state index is -4.28. The number of hydrogen-bond donors (Lipinski definition) is 2. The Labute approximate surface area is 162 Å². The number of sulfone groups is 1. The first kappa shape index (κ1) is 20.5. The number of nitro groups is 1. The lowest BCUT2D eigenvalue weighted by Crippen LogP contribution is -2.69. The van der Waals surface area contributed by atoms with Crippen LogP contribution in [0.25, 0.3) is 0 Å². The van der Waals surface area contributed by atoms with Crippen LogP contribution in [0.2, 0.25) is 0 Å². The molecule has 1 aliphatic heterocycles. The van der Waals surface area contributed by atoms with Crippen LogP contribution in [0.1, 0.15) is 36.8 Å². The van der Waals surface area contributed by atoms with Crippen molar-refractivity contribution in [2.75, 3.05) is 5.75 Å². The predicted octanol–water partition coefficient (Wildman–Crippen LogP) is 1.31. The van der Waals surface area contributed by atoms with E-state index < -0.39 is 41.6 Å². The van der Waals surface area contributed by atoms with Crippen molar-refractivity contribution in [3.8, 4) is 0 Å². The number of amides is 2. The van der Waals surface area contributed by atoms with Crippen LogP contribution in [-0.2, 0) is 19.9 Å². The van der Waals surface area contributed by atoms with Gasteiger partial charge in [0.25, 0.3) is 15.7 Å². The molecule has 0 aromatic heterocycles. The zero-order chi connectivity index (χ0) is 20.9. The number of nitrogens with one attached hydrogen (secondary N) is 2. The highest BCUT2D eigenvalue weighted by molar-refractivity contribution is 7.94. The lowest BCUT2D eigenvalue weighted by Gasteiger charge is -2.46. The number of carbonyl (C=O) groups excluding carboxylic acids is 1. The van der Waals surface area contributed by atoms with Gasteiger partial charge in [-0.3, -0.25) is 10.1 Å². The molecule has 0 radical (unpaired) electrons. The largest absolute Gasteiger partial charge is 0.332 e. The Hall–Kier alpha value is -2.21. The van der Waals surface area contributed by atoms with E-state index in [-0.39, 0.29) is 27.5 Å². The molecule has 1 aromatic rings. The second-order valence-corrected chi connectivity index (χ2v) is 11.4. The fourth-order valence-corrected chi connectivity index (χ4v) is 7.68. The zero-order valence-corrected chi connectivity index (χ0v) is 17.0. The maximum absolute atomic E-state index is 12.6. The van der Waals surface area contributed by atoms with E-state index >= 15 is 0 Å². The Morgan fingerprint density at radius 2 is 1.82 bits per heavy atom. The van der Waals surface area contributed by atoms with Crippen molar-refractivity contribution in [2.24, 2.45) is 0 Å². The van der Waals surface area contributed by atoms with E-state index in [0.717, 1.165) is 25.0 Å². The van der Waals surface area contributed by atoms with Gasteiger partial charge < -0.3 is 5.32 Å². The van der Waals surface area contributed by atoms with Crippen LogP contribution in [0.15, 0.2) is 17.0 Å². The van der Waals surface area contributed by atoms with Crippen LogP contribution in [-0.4, -0.2) is 44.3 Å². The Balaban J connectivity index is 1.77. The number of urea groups is 1. The van der Waals surface area contributed by atoms with Gasteiger partial charge in [-0.2, -0.15) is 0 Å². The molecule has 2 N–H and O–H groups in total. The smallest absolute Gasteiger partial charge is 0.328 e. The van der Waals surface area contributed by atoms with Gasteiger partial charge in [0.1, 0.15) is 0 Å². The molecule has 1 saturated carbocycles. The lowest BCUT2D eigenvalue weighted by molar-refractivity contribution is -0.385. The SMILES string of the molecule is Cc1cc(S(=O)(=O)NC(=O)NC2CS(=O)(=O)C23CCCC3)c(C)cc1[N+](=O)[O-]. The van der Waals surface area contributed by atoms with Crippen molar-refractivity contribution < 1.29 is 26.6 Å². The summed E-state index contributed by atoms with van der Waals surface area (Å²) >= 11 is 0. The molecule has 1 heterocycles. The summed E-state index contributed by atoms with van der Waals surface area (Å²) < 4.78 is 50.3. The Morgan fingerprint density at radius 3 is 2.36 bits per heavy atom. The molecular weight excluding hydrogens is 410 g/mol. The van der Waals surface area contributed by atoms with Crippen molar-refractivity contribution in [1.82, 2.24) is 10.0 Å². The molecule has 3 rings (SSSR count). The van der Waals surface area contributed by atoms with E-state index in [4.69, 9.17) is 0 Å². The first-order valence-electron chi connectivity index (χ1n) is 8.71. The number of aryl methyl sites for hydroxylation is 2. The summed E-state index contributed by atoms with van der Waals surface area (Å²) in [5, 5.41) is 13.5. The van der Waals surface area contributed by atoms with E-state index in [0.29, 0.717) is 12.8 Å². The molecular formula is C16H21N3O7S2. The number of rotatable bonds is 4. The molecule has 1 atom stereocenters. The molecule has 10 nitrogen and oxygen atoms in total. The standard InChI is InChI=1S/C16H21N3O7S2/c1-10-8-13(11(2)7-12(10)19(21)22)28(25,26)18-15(20)17-14-9-27(23,24)16(14)5-3-4-6-16/h7-8,14H,3-6,9H2,1-2H3,(H2,17,18,20). The topological polar surface area (TPSA) is 153 Å². The third-order valence-corrected chi connectivity index (χ3v) is 9.78. The van der Waals surface area contributed by atoms with Crippen LogP contribution in [0.4, 0.5) is 10.5 Å². The van der Waals surface area contributed by atoms with E-state index in [9.17, 15) is 31.7 Å². The minimum absolute atomic E-state index is 0.121. The number of nitrogens with zero attached hydrogens (tertiary/aromatic N) is 1. The van der Waals surface area contributed by atoms with Crippen molar-refractivity contribution in [1.29, 1.82) is 0 Å². The summed E-state index contributed by atoms with van der Waals surface area (Å²) in [6.45, 7) is 2.80. The highest BCUT2D eigenvalue weighted by atomic mass is 32.2. The molecule has 28 heavy (non-hydrogen) atoms. The van der Waals surface area contributed by atoms with Gasteiger partial charge in [-0.1, -0.05) is 12.8 Å². The van der Waals surface area contributed by atoms with Crippen LogP contribution in [0, 0.1) is 24.0 Å². The predicted molar refractivity (Wildman–Crippen MR) is 100 cm³/mol. The van der Waals surface area contributed by atoms with Crippen molar-refractivity contribution >= 4 is 31.6 Å². The molecule has 2 fully saturated rings. The van der Waals surface area contributed by atoms with Crippen LogP contribution < -0.4 is 10.0 Å². The van der Waals surface area contributed by atoms with Gasteiger partial charge in [0.2, 0.25) is 0 Å². The molecule has 154 valence electrons.